The number of hydrogen-bond acceptors (Lipinski definition) is 2. The highest BCUT2D eigenvalue weighted by Crippen LogP contribution is 2.23. The lowest BCUT2D eigenvalue weighted by Gasteiger charge is -2.18. The number of nitrogens with zero attached hydrogens (tertiary/aromatic N) is 2. The van der Waals surface area contributed by atoms with Crippen molar-refractivity contribution in [3.8, 4) is 0 Å². The molecule has 1 heterocycles. The van der Waals surface area contributed by atoms with Crippen LogP contribution in [0.15, 0.2) is 9.98 Å². The molecule has 0 amide bonds. The van der Waals surface area contributed by atoms with Crippen LogP contribution in [0.3, 0.4) is 0 Å². The van der Waals surface area contributed by atoms with E-state index in [0.717, 1.165) is 0 Å². The Labute approximate surface area is 63.8 Å². The van der Waals surface area contributed by atoms with Crippen molar-refractivity contribution in [3.05, 3.63) is 0 Å². The number of halogens is 2. The highest BCUT2D eigenvalue weighted by Gasteiger charge is 2.32. The summed E-state index contributed by atoms with van der Waals surface area (Å²) in [4.78, 5) is 7.33. The van der Waals surface area contributed by atoms with E-state index in [9.17, 15) is 4.39 Å². The van der Waals surface area contributed by atoms with Crippen LogP contribution in [0.1, 0.15) is 13.3 Å². The molecule has 0 aromatic heterocycles. The summed E-state index contributed by atoms with van der Waals surface area (Å²) >= 11 is 5.43. The van der Waals surface area contributed by atoms with Crippen molar-refractivity contribution < 1.29 is 4.39 Å². The summed E-state index contributed by atoms with van der Waals surface area (Å²) in [6.07, 6.45) is 1.88. The molecule has 0 bridgehead atoms. The summed E-state index contributed by atoms with van der Waals surface area (Å²) in [5.41, 5.74) is 0.365. The third-order valence-corrected chi connectivity index (χ3v) is 1.68. The molecule has 0 saturated heterocycles. The summed E-state index contributed by atoms with van der Waals surface area (Å²) in [6, 6.07) is 0. The summed E-state index contributed by atoms with van der Waals surface area (Å²) in [7, 11) is 0. The predicted molar refractivity (Wildman–Crippen MR) is 40.8 cm³/mol. The lowest BCUT2D eigenvalue weighted by molar-refractivity contribution is 0.375. The van der Waals surface area contributed by atoms with E-state index in [0.29, 0.717) is 12.1 Å². The molecule has 1 unspecified atom stereocenters. The Morgan fingerprint density at radius 1 is 1.90 bits per heavy atom. The van der Waals surface area contributed by atoms with Gasteiger partial charge in [-0.05, 0) is 6.42 Å². The minimum Gasteiger partial charge on any atom is -0.268 e. The van der Waals surface area contributed by atoms with Gasteiger partial charge in [0.25, 0.3) is 0 Å². The van der Waals surface area contributed by atoms with E-state index in [1.165, 1.54) is 6.34 Å². The number of rotatable bonds is 1. The van der Waals surface area contributed by atoms with Gasteiger partial charge in [-0.25, -0.2) is 9.38 Å². The Kier molecular flexibility index (Phi) is 2.04. The van der Waals surface area contributed by atoms with Gasteiger partial charge in [0.15, 0.2) is 0 Å². The zero-order valence-corrected chi connectivity index (χ0v) is 6.40. The molecule has 2 nitrogen and oxygen atoms in total. The zero-order chi connectivity index (χ0) is 7.61. The molecule has 0 aliphatic carbocycles. The maximum absolute atomic E-state index is 13.1. The Morgan fingerprint density at radius 3 is 3.00 bits per heavy atom. The van der Waals surface area contributed by atoms with Gasteiger partial charge >= 0.3 is 0 Å². The van der Waals surface area contributed by atoms with Crippen molar-refractivity contribution in [1.82, 2.24) is 0 Å². The quantitative estimate of drug-likeness (QED) is 0.526. The molecule has 1 rings (SSSR count). The van der Waals surface area contributed by atoms with Crippen molar-refractivity contribution in [2.75, 3.05) is 6.54 Å². The van der Waals surface area contributed by atoms with Crippen molar-refractivity contribution in [3.63, 3.8) is 0 Å². The minimum atomic E-state index is -1.83. The fraction of sp³-hybridized carbons (Fsp3) is 0.667. The molecule has 1 aliphatic rings. The van der Waals surface area contributed by atoms with Gasteiger partial charge in [-0.2, -0.15) is 0 Å². The van der Waals surface area contributed by atoms with Crippen LogP contribution in [0, 0.1) is 0 Å². The van der Waals surface area contributed by atoms with Crippen molar-refractivity contribution in [2.24, 2.45) is 9.98 Å². The van der Waals surface area contributed by atoms with E-state index in [-0.39, 0.29) is 6.54 Å². The molecule has 1 aliphatic heterocycles. The van der Waals surface area contributed by atoms with Gasteiger partial charge in [0.05, 0.1) is 12.3 Å². The molecule has 4 heteroatoms. The molecule has 10 heavy (non-hydrogen) atoms. The van der Waals surface area contributed by atoms with Crippen LogP contribution in [-0.2, 0) is 0 Å². The maximum atomic E-state index is 13.1. The highest BCUT2D eigenvalue weighted by atomic mass is 35.5. The van der Waals surface area contributed by atoms with Crippen LogP contribution in [0.4, 0.5) is 4.39 Å². The molecule has 0 saturated carbocycles. The van der Waals surface area contributed by atoms with Gasteiger partial charge in [-0.3, -0.25) is 4.99 Å². The molecule has 0 fully saturated rings. The van der Waals surface area contributed by atoms with Crippen molar-refractivity contribution >= 4 is 23.7 Å². The Hall–Kier alpha value is -0.440. The topological polar surface area (TPSA) is 24.7 Å². The molecule has 56 valence electrons. The smallest absolute Gasteiger partial charge is 0.240 e. The first-order chi connectivity index (χ1) is 4.67. The van der Waals surface area contributed by atoms with Crippen LogP contribution in [0.25, 0.3) is 0 Å². The van der Waals surface area contributed by atoms with E-state index in [1.54, 1.807) is 0 Å². The SMILES string of the molecule is CCC1=NC=NCC1(F)Cl. The zero-order valence-electron chi connectivity index (χ0n) is 5.64. The maximum Gasteiger partial charge on any atom is 0.240 e. The summed E-state index contributed by atoms with van der Waals surface area (Å²) in [6.45, 7) is 1.80. The van der Waals surface area contributed by atoms with Crippen LogP contribution in [0.5, 0.6) is 0 Å². The van der Waals surface area contributed by atoms with Crippen LogP contribution in [0.2, 0.25) is 0 Å². The summed E-state index contributed by atoms with van der Waals surface area (Å²) < 4.78 is 13.1. The summed E-state index contributed by atoms with van der Waals surface area (Å²) in [5, 5.41) is -1.83. The third kappa shape index (κ3) is 1.34. The standard InChI is InChI=1S/C6H8ClFN2/c1-2-5-6(7,8)3-9-4-10-5/h4H,2-3H2,1H3. The average Bonchev–Trinajstić information content (AvgIpc) is 1.87. The van der Waals surface area contributed by atoms with Gasteiger partial charge in [0.1, 0.15) is 6.34 Å². The van der Waals surface area contributed by atoms with Gasteiger partial charge < -0.3 is 0 Å². The third-order valence-electron chi connectivity index (χ3n) is 1.34. The second-order valence-corrected chi connectivity index (χ2v) is 2.69. The molecule has 1 atom stereocenters. The Bertz CT molecular complexity index is 186. The summed E-state index contributed by atoms with van der Waals surface area (Å²) in [5.74, 6) is 0. The van der Waals surface area contributed by atoms with Crippen LogP contribution < -0.4 is 0 Å². The molecule has 0 N–H and O–H groups in total. The molecule has 0 aromatic carbocycles. The van der Waals surface area contributed by atoms with Gasteiger partial charge in [-0.1, -0.05) is 18.5 Å². The van der Waals surface area contributed by atoms with Gasteiger partial charge in [0.2, 0.25) is 5.13 Å². The second-order valence-electron chi connectivity index (χ2n) is 2.09. The molecule has 0 spiro atoms. The van der Waals surface area contributed by atoms with Crippen LogP contribution >= 0.6 is 11.6 Å². The number of alkyl halides is 2. The monoisotopic (exact) mass is 162 g/mol. The first-order valence-electron chi connectivity index (χ1n) is 3.10. The minimum absolute atomic E-state index is 0.0127. The van der Waals surface area contributed by atoms with Crippen LogP contribution in [-0.4, -0.2) is 23.7 Å². The molecule has 0 radical (unpaired) electrons. The predicted octanol–water partition coefficient (Wildman–Crippen LogP) is 1.78. The molecular weight excluding hydrogens is 155 g/mol. The van der Waals surface area contributed by atoms with Crippen molar-refractivity contribution in [1.29, 1.82) is 0 Å². The fourth-order valence-corrected chi connectivity index (χ4v) is 1.05. The lowest BCUT2D eigenvalue weighted by atomic mass is 10.1. The van der Waals surface area contributed by atoms with Gasteiger partial charge in [-0.15, -0.1) is 0 Å². The second kappa shape index (κ2) is 2.66. The number of hydrogen-bond donors (Lipinski definition) is 0. The van der Waals surface area contributed by atoms with E-state index < -0.39 is 5.13 Å². The lowest BCUT2D eigenvalue weighted by Crippen LogP contribution is -2.32. The van der Waals surface area contributed by atoms with Gasteiger partial charge in [0, 0.05) is 0 Å². The van der Waals surface area contributed by atoms with Crippen molar-refractivity contribution in [2.45, 2.75) is 18.5 Å². The van der Waals surface area contributed by atoms with E-state index in [1.807, 2.05) is 6.92 Å². The van der Waals surface area contributed by atoms with E-state index in [4.69, 9.17) is 11.6 Å². The Morgan fingerprint density at radius 2 is 2.60 bits per heavy atom. The molecule has 0 aromatic rings. The largest absolute Gasteiger partial charge is 0.268 e. The number of aliphatic imine (C=N–C) groups is 2. The first-order valence-corrected chi connectivity index (χ1v) is 3.48. The molecular formula is C6H8ClFN2. The Balaban J connectivity index is 2.81. The van der Waals surface area contributed by atoms with E-state index in [2.05, 4.69) is 9.98 Å². The average molecular weight is 163 g/mol. The fourth-order valence-electron chi connectivity index (χ4n) is 0.802. The van der Waals surface area contributed by atoms with E-state index >= 15 is 0 Å². The highest BCUT2D eigenvalue weighted by molar-refractivity contribution is 6.36. The first kappa shape index (κ1) is 7.66. The normalized spacial score (nSPS) is 32.1.